The zero-order chi connectivity index (χ0) is 16.5. The van der Waals surface area contributed by atoms with Gasteiger partial charge in [-0.3, -0.25) is 4.79 Å². The van der Waals surface area contributed by atoms with E-state index in [0.29, 0.717) is 12.1 Å². The third-order valence-electron chi connectivity index (χ3n) is 5.26. The third-order valence-corrected chi connectivity index (χ3v) is 5.26. The van der Waals surface area contributed by atoms with Crippen LogP contribution < -0.4 is 0 Å². The van der Waals surface area contributed by atoms with Gasteiger partial charge in [-0.15, -0.1) is 5.10 Å². The molecule has 2 aliphatic carbocycles. The highest BCUT2D eigenvalue weighted by Gasteiger charge is 2.38. The van der Waals surface area contributed by atoms with E-state index in [1.54, 1.807) is 11.0 Å². The van der Waals surface area contributed by atoms with Crippen LogP contribution in [0.2, 0.25) is 0 Å². The van der Waals surface area contributed by atoms with E-state index in [-0.39, 0.29) is 5.91 Å². The molecule has 24 heavy (non-hydrogen) atoms. The monoisotopic (exact) mass is 325 g/mol. The van der Waals surface area contributed by atoms with E-state index in [1.165, 1.54) is 12.8 Å². The van der Waals surface area contributed by atoms with Crippen molar-refractivity contribution in [1.82, 2.24) is 25.1 Å². The first kappa shape index (κ1) is 15.3. The maximum absolute atomic E-state index is 13.2. The van der Waals surface area contributed by atoms with Crippen molar-refractivity contribution < 1.29 is 4.79 Å². The molecular formula is C18H23N5O. The van der Waals surface area contributed by atoms with Gasteiger partial charge in [0, 0.05) is 17.6 Å². The van der Waals surface area contributed by atoms with E-state index in [2.05, 4.69) is 27.3 Å². The predicted octanol–water partition coefficient (Wildman–Crippen LogP) is 2.85. The summed E-state index contributed by atoms with van der Waals surface area (Å²) in [7, 11) is 0. The zero-order valence-corrected chi connectivity index (χ0v) is 14.0. The van der Waals surface area contributed by atoms with Crippen LogP contribution in [-0.2, 0) is 0 Å². The summed E-state index contributed by atoms with van der Waals surface area (Å²) >= 11 is 0. The Morgan fingerprint density at radius 2 is 1.83 bits per heavy atom. The van der Waals surface area contributed by atoms with E-state index < -0.39 is 0 Å². The lowest BCUT2D eigenvalue weighted by Crippen LogP contribution is -2.43. The molecule has 0 N–H and O–H groups in total. The van der Waals surface area contributed by atoms with Crippen LogP contribution in [0, 0.1) is 5.92 Å². The number of tetrazole rings is 1. The smallest absolute Gasteiger partial charge is 0.254 e. The van der Waals surface area contributed by atoms with Gasteiger partial charge in [-0.2, -0.15) is 0 Å². The van der Waals surface area contributed by atoms with Crippen LogP contribution in [0.25, 0.3) is 5.69 Å². The van der Waals surface area contributed by atoms with Gasteiger partial charge in [0.1, 0.15) is 6.33 Å². The second-order valence-electron chi connectivity index (χ2n) is 7.16. The molecule has 0 unspecified atom stereocenters. The van der Waals surface area contributed by atoms with Crippen molar-refractivity contribution in [2.45, 2.75) is 57.5 Å². The molecule has 1 heterocycles. The number of hydrogen-bond acceptors (Lipinski definition) is 4. The van der Waals surface area contributed by atoms with Crippen molar-refractivity contribution in [3.8, 4) is 5.69 Å². The summed E-state index contributed by atoms with van der Waals surface area (Å²) in [6.07, 6.45) is 8.56. The van der Waals surface area contributed by atoms with Crippen molar-refractivity contribution in [1.29, 1.82) is 0 Å². The van der Waals surface area contributed by atoms with Crippen LogP contribution in [-0.4, -0.2) is 43.1 Å². The molecule has 2 saturated carbocycles. The maximum Gasteiger partial charge on any atom is 0.254 e. The summed E-state index contributed by atoms with van der Waals surface area (Å²) in [5.41, 5.74) is 1.55. The fraction of sp³-hybridized carbons (Fsp3) is 0.556. The lowest BCUT2D eigenvalue weighted by molar-refractivity contribution is 0.0593. The van der Waals surface area contributed by atoms with Crippen molar-refractivity contribution in [3.05, 3.63) is 36.2 Å². The van der Waals surface area contributed by atoms with Crippen LogP contribution in [0.1, 0.15) is 55.8 Å². The van der Waals surface area contributed by atoms with Gasteiger partial charge in [-0.05, 0) is 73.1 Å². The third kappa shape index (κ3) is 3.05. The number of hydrogen-bond donors (Lipinski definition) is 0. The average molecular weight is 325 g/mol. The Morgan fingerprint density at radius 3 is 2.46 bits per heavy atom. The van der Waals surface area contributed by atoms with E-state index in [4.69, 9.17) is 0 Å². The zero-order valence-electron chi connectivity index (χ0n) is 14.0. The van der Waals surface area contributed by atoms with Crippen LogP contribution in [0.5, 0.6) is 0 Å². The highest BCUT2D eigenvalue weighted by atomic mass is 16.2. The predicted molar refractivity (Wildman–Crippen MR) is 89.8 cm³/mol. The first-order valence-corrected chi connectivity index (χ1v) is 8.88. The lowest BCUT2D eigenvalue weighted by atomic mass is 9.86. The minimum Gasteiger partial charge on any atom is -0.333 e. The van der Waals surface area contributed by atoms with Gasteiger partial charge >= 0.3 is 0 Å². The summed E-state index contributed by atoms with van der Waals surface area (Å²) < 4.78 is 1.58. The molecule has 1 amide bonds. The molecule has 0 spiro atoms. The molecule has 0 bridgehead atoms. The Hall–Kier alpha value is -2.24. The Bertz CT molecular complexity index is 702. The van der Waals surface area contributed by atoms with Crippen molar-refractivity contribution >= 4 is 5.91 Å². The fourth-order valence-corrected chi connectivity index (χ4v) is 3.71. The molecule has 4 rings (SSSR count). The van der Waals surface area contributed by atoms with Crippen LogP contribution >= 0.6 is 0 Å². The Balaban J connectivity index is 1.58. The molecule has 1 aromatic carbocycles. The van der Waals surface area contributed by atoms with Crippen molar-refractivity contribution in [3.63, 3.8) is 0 Å². The SMILES string of the molecule is CC1CCC(N(C(=O)c2cccc(-n3cnnn3)c2)C2CC2)CC1. The van der Waals surface area contributed by atoms with Gasteiger partial charge in [0.25, 0.3) is 5.91 Å². The first-order valence-electron chi connectivity index (χ1n) is 8.88. The normalized spacial score (nSPS) is 23.9. The largest absolute Gasteiger partial charge is 0.333 e. The van der Waals surface area contributed by atoms with Gasteiger partial charge < -0.3 is 4.90 Å². The molecule has 6 nitrogen and oxygen atoms in total. The van der Waals surface area contributed by atoms with E-state index in [0.717, 1.165) is 42.9 Å². The van der Waals surface area contributed by atoms with Crippen molar-refractivity contribution in [2.24, 2.45) is 5.92 Å². The summed E-state index contributed by atoms with van der Waals surface area (Å²) in [4.78, 5) is 15.4. The van der Waals surface area contributed by atoms with Crippen LogP contribution in [0.15, 0.2) is 30.6 Å². The number of nitrogens with zero attached hydrogens (tertiary/aromatic N) is 5. The number of aromatic nitrogens is 4. The van der Waals surface area contributed by atoms with Crippen LogP contribution in [0.3, 0.4) is 0 Å². The summed E-state index contributed by atoms with van der Waals surface area (Å²) in [5, 5.41) is 11.2. The molecule has 0 atom stereocenters. The van der Waals surface area contributed by atoms with E-state index in [1.807, 2.05) is 24.3 Å². The number of carbonyl (C=O) groups excluding carboxylic acids is 1. The first-order chi connectivity index (χ1) is 11.7. The minimum absolute atomic E-state index is 0.159. The number of amides is 1. The Labute approximate surface area is 141 Å². The van der Waals surface area contributed by atoms with Gasteiger partial charge in [-0.1, -0.05) is 13.0 Å². The molecule has 0 saturated heterocycles. The molecule has 6 heteroatoms. The number of rotatable bonds is 4. The van der Waals surface area contributed by atoms with E-state index >= 15 is 0 Å². The van der Waals surface area contributed by atoms with Gasteiger partial charge in [0.05, 0.1) is 5.69 Å². The molecule has 1 aromatic heterocycles. The van der Waals surface area contributed by atoms with Gasteiger partial charge in [-0.25, -0.2) is 4.68 Å². The van der Waals surface area contributed by atoms with E-state index in [9.17, 15) is 4.79 Å². The molecule has 0 aliphatic heterocycles. The molecular weight excluding hydrogens is 302 g/mol. The number of carbonyl (C=O) groups is 1. The molecule has 126 valence electrons. The Morgan fingerprint density at radius 1 is 1.12 bits per heavy atom. The quantitative estimate of drug-likeness (QED) is 0.867. The Kier molecular flexibility index (Phi) is 4.04. The summed E-state index contributed by atoms with van der Waals surface area (Å²) in [6.45, 7) is 2.31. The summed E-state index contributed by atoms with van der Waals surface area (Å²) in [6, 6.07) is 8.44. The molecule has 0 radical (unpaired) electrons. The maximum atomic E-state index is 13.2. The highest BCUT2D eigenvalue weighted by Crippen LogP contribution is 2.36. The fourth-order valence-electron chi connectivity index (χ4n) is 3.71. The molecule has 2 fully saturated rings. The van der Waals surface area contributed by atoms with Gasteiger partial charge in [0.2, 0.25) is 0 Å². The van der Waals surface area contributed by atoms with Crippen molar-refractivity contribution in [2.75, 3.05) is 0 Å². The summed E-state index contributed by atoms with van der Waals surface area (Å²) in [5.74, 6) is 0.951. The standard InChI is InChI=1S/C18H23N5O/c1-13-5-7-15(8-6-13)23(16-9-10-16)18(24)14-3-2-4-17(11-14)22-12-19-20-21-22/h2-4,11-13,15-16H,5-10H2,1H3. The second kappa shape index (κ2) is 6.34. The lowest BCUT2D eigenvalue weighted by Gasteiger charge is -2.36. The van der Waals surface area contributed by atoms with Gasteiger partial charge in [0.15, 0.2) is 0 Å². The number of benzene rings is 1. The average Bonchev–Trinajstić information content (AvgIpc) is 3.28. The highest BCUT2D eigenvalue weighted by molar-refractivity contribution is 5.95. The molecule has 2 aromatic rings. The van der Waals surface area contributed by atoms with Crippen LogP contribution in [0.4, 0.5) is 0 Å². The second-order valence-corrected chi connectivity index (χ2v) is 7.16. The molecule has 2 aliphatic rings. The topological polar surface area (TPSA) is 63.9 Å². The minimum atomic E-state index is 0.159.